The molecule has 0 aliphatic rings. The monoisotopic (exact) mass is 405 g/mol. The average Bonchev–Trinajstić information content (AvgIpc) is 3.11. The molecule has 0 atom stereocenters. The molecule has 0 radical (unpaired) electrons. The number of hydrogen-bond acceptors (Lipinski definition) is 5. The molecule has 1 aromatic heterocycles. The smallest absolute Gasteiger partial charge is 0.234 e. The SMILES string of the molecule is CC(C)c1ccc(-n2nnnc2SCC(=O)Nc2ccc(Cl)cc2F)cc1. The maximum Gasteiger partial charge on any atom is 0.234 e. The van der Waals surface area contributed by atoms with Gasteiger partial charge in [0.05, 0.1) is 17.1 Å². The number of hydrogen-bond donors (Lipinski definition) is 1. The summed E-state index contributed by atoms with van der Waals surface area (Å²) in [4.78, 5) is 12.1. The fourth-order valence-corrected chi connectivity index (χ4v) is 3.19. The number of thioether (sulfide) groups is 1. The summed E-state index contributed by atoms with van der Waals surface area (Å²) in [5.41, 5.74) is 2.09. The molecule has 0 saturated heterocycles. The Morgan fingerprint density at radius 3 is 2.67 bits per heavy atom. The summed E-state index contributed by atoms with van der Waals surface area (Å²) >= 11 is 6.86. The highest BCUT2D eigenvalue weighted by molar-refractivity contribution is 7.99. The second kappa shape index (κ2) is 8.49. The molecule has 0 fully saturated rings. The van der Waals surface area contributed by atoms with Crippen LogP contribution in [0.3, 0.4) is 0 Å². The van der Waals surface area contributed by atoms with Gasteiger partial charge in [0.1, 0.15) is 5.82 Å². The van der Waals surface area contributed by atoms with Gasteiger partial charge in [-0.2, -0.15) is 4.68 Å². The van der Waals surface area contributed by atoms with Crippen LogP contribution < -0.4 is 5.32 Å². The molecule has 1 amide bonds. The van der Waals surface area contributed by atoms with Gasteiger partial charge in [0, 0.05) is 5.02 Å². The number of amides is 1. The predicted octanol–water partition coefficient (Wildman–Crippen LogP) is 4.31. The van der Waals surface area contributed by atoms with Crippen molar-refractivity contribution in [1.82, 2.24) is 20.2 Å². The number of halogens is 2. The van der Waals surface area contributed by atoms with Gasteiger partial charge in [-0.05, 0) is 52.2 Å². The lowest BCUT2D eigenvalue weighted by molar-refractivity contribution is -0.113. The number of rotatable bonds is 6. The minimum Gasteiger partial charge on any atom is -0.323 e. The maximum atomic E-state index is 13.8. The van der Waals surface area contributed by atoms with Gasteiger partial charge < -0.3 is 5.32 Å². The summed E-state index contributed by atoms with van der Waals surface area (Å²) < 4.78 is 15.3. The highest BCUT2D eigenvalue weighted by atomic mass is 35.5. The van der Waals surface area contributed by atoms with E-state index < -0.39 is 5.82 Å². The molecule has 9 heteroatoms. The molecule has 6 nitrogen and oxygen atoms in total. The van der Waals surface area contributed by atoms with E-state index in [1.807, 2.05) is 24.3 Å². The Balaban J connectivity index is 1.65. The molecule has 3 aromatic rings. The summed E-state index contributed by atoms with van der Waals surface area (Å²) in [5.74, 6) is -0.493. The third kappa shape index (κ3) is 4.84. The summed E-state index contributed by atoms with van der Waals surface area (Å²) in [5, 5.41) is 14.8. The molecule has 1 heterocycles. The molecule has 0 aliphatic heterocycles. The predicted molar refractivity (Wildman–Crippen MR) is 104 cm³/mol. The Labute approximate surface area is 165 Å². The second-order valence-electron chi connectivity index (χ2n) is 6.08. The molecular weight excluding hydrogens is 389 g/mol. The van der Waals surface area contributed by atoms with Crippen molar-refractivity contribution < 1.29 is 9.18 Å². The van der Waals surface area contributed by atoms with E-state index in [-0.39, 0.29) is 22.4 Å². The number of carbonyl (C=O) groups is 1. The summed E-state index contributed by atoms with van der Waals surface area (Å²) in [6.07, 6.45) is 0. The van der Waals surface area contributed by atoms with Crippen LogP contribution in [0.4, 0.5) is 10.1 Å². The topological polar surface area (TPSA) is 72.7 Å². The zero-order chi connectivity index (χ0) is 19.4. The molecule has 140 valence electrons. The molecule has 0 saturated carbocycles. The maximum absolute atomic E-state index is 13.8. The van der Waals surface area contributed by atoms with Gasteiger partial charge >= 0.3 is 0 Å². The molecule has 0 aliphatic carbocycles. The highest BCUT2D eigenvalue weighted by Crippen LogP contribution is 2.22. The van der Waals surface area contributed by atoms with Crippen LogP contribution in [0.1, 0.15) is 25.3 Å². The number of tetrazole rings is 1. The first-order valence-corrected chi connectivity index (χ1v) is 9.57. The van der Waals surface area contributed by atoms with Crippen LogP contribution in [0.5, 0.6) is 0 Å². The number of benzene rings is 2. The van der Waals surface area contributed by atoms with E-state index in [0.29, 0.717) is 11.1 Å². The quantitative estimate of drug-likeness (QED) is 0.618. The van der Waals surface area contributed by atoms with Gasteiger partial charge in [-0.3, -0.25) is 4.79 Å². The fourth-order valence-electron chi connectivity index (χ4n) is 2.34. The lowest BCUT2D eigenvalue weighted by Gasteiger charge is -2.08. The first-order valence-electron chi connectivity index (χ1n) is 8.20. The molecule has 0 bridgehead atoms. The Hall–Kier alpha value is -2.45. The largest absolute Gasteiger partial charge is 0.323 e. The Kier molecular flexibility index (Phi) is 6.08. The first kappa shape index (κ1) is 19.3. The number of nitrogens with zero attached hydrogens (tertiary/aromatic N) is 4. The van der Waals surface area contributed by atoms with Crippen LogP contribution in [0.25, 0.3) is 5.69 Å². The van der Waals surface area contributed by atoms with Crippen molar-refractivity contribution in [2.75, 3.05) is 11.1 Å². The van der Waals surface area contributed by atoms with Crippen LogP contribution in [-0.2, 0) is 4.79 Å². The van der Waals surface area contributed by atoms with E-state index in [9.17, 15) is 9.18 Å². The van der Waals surface area contributed by atoms with E-state index in [1.165, 1.54) is 17.7 Å². The molecule has 27 heavy (non-hydrogen) atoms. The summed E-state index contributed by atoms with van der Waals surface area (Å²) in [6, 6.07) is 12.0. The zero-order valence-corrected chi connectivity index (χ0v) is 16.3. The summed E-state index contributed by atoms with van der Waals surface area (Å²) in [7, 11) is 0. The standard InChI is InChI=1S/C18H17ClFN5OS/c1-11(2)12-3-6-14(7-4-12)25-18(22-23-24-25)27-10-17(26)21-16-8-5-13(19)9-15(16)20/h3-9,11H,10H2,1-2H3,(H,21,26). The highest BCUT2D eigenvalue weighted by Gasteiger charge is 2.13. The third-order valence-electron chi connectivity index (χ3n) is 3.78. The number of carbonyl (C=O) groups excluding carboxylic acids is 1. The van der Waals surface area contributed by atoms with Crippen molar-refractivity contribution in [1.29, 1.82) is 0 Å². The number of nitrogens with one attached hydrogen (secondary N) is 1. The lowest BCUT2D eigenvalue weighted by atomic mass is 10.0. The van der Waals surface area contributed by atoms with Gasteiger partial charge in [-0.25, -0.2) is 4.39 Å². The molecule has 0 unspecified atom stereocenters. The zero-order valence-electron chi connectivity index (χ0n) is 14.7. The van der Waals surface area contributed by atoms with Gasteiger partial charge in [-0.15, -0.1) is 5.10 Å². The van der Waals surface area contributed by atoms with Crippen molar-refractivity contribution in [2.24, 2.45) is 0 Å². The normalized spacial score (nSPS) is 11.0. The minimum atomic E-state index is -0.587. The van der Waals surface area contributed by atoms with E-state index >= 15 is 0 Å². The minimum absolute atomic E-state index is 0.0342. The van der Waals surface area contributed by atoms with E-state index in [0.717, 1.165) is 23.5 Å². The van der Waals surface area contributed by atoms with E-state index in [1.54, 1.807) is 4.68 Å². The van der Waals surface area contributed by atoms with Crippen LogP contribution in [0.15, 0.2) is 47.6 Å². The fraction of sp³-hybridized carbons (Fsp3) is 0.222. The van der Waals surface area contributed by atoms with Gasteiger partial charge in [0.15, 0.2) is 0 Å². The molecule has 0 spiro atoms. The van der Waals surface area contributed by atoms with E-state index in [2.05, 4.69) is 34.7 Å². The number of aromatic nitrogens is 4. The van der Waals surface area contributed by atoms with Crippen LogP contribution in [-0.4, -0.2) is 31.9 Å². The van der Waals surface area contributed by atoms with Crippen LogP contribution in [0, 0.1) is 5.82 Å². The van der Waals surface area contributed by atoms with Gasteiger partial charge in [-0.1, -0.05) is 49.3 Å². The molecule has 1 N–H and O–H groups in total. The van der Waals surface area contributed by atoms with Gasteiger partial charge in [0.2, 0.25) is 11.1 Å². The first-order chi connectivity index (χ1) is 12.9. The molecule has 3 rings (SSSR count). The second-order valence-corrected chi connectivity index (χ2v) is 7.46. The van der Waals surface area contributed by atoms with Crippen molar-refractivity contribution >= 4 is 35.0 Å². The van der Waals surface area contributed by atoms with Crippen molar-refractivity contribution in [3.05, 3.63) is 58.9 Å². The molecular formula is C18H17ClFN5OS. The average molecular weight is 406 g/mol. The van der Waals surface area contributed by atoms with Crippen molar-refractivity contribution in [3.8, 4) is 5.69 Å². The third-order valence-corrected chi connectivity index (χ3v) is 4.94. The Bertz CT molecular complexity index is 945. The lowest BCUT2D eigenvalue weighted by Crippen LogP contribution is -2.15. The summed E-state index contributed by atoms with van der Waals surface area (Å²) in [6.45, 7) is 4.24. The van der Waals surface area contributed by atoms with Crippen LogP contribution in [0.2, 0.25) is 5.02 Å². The molecule has 2 aromatic carbocycles. The number of anilines is 1. The van der Waals surface area contributed by atoms with Gasteiger partial charge in [0.25, 0.3) is 0 Å². The Morgan fingerprint density at radius 2 is 2.00 bits per heavy atom. The van der Waals surface area contributed by atoms with E-state index in [4.69, 9.17) is 11.6 Å². The Morgan fingerprint density at radius 1 is 1.26 bits per heavy atom. The van der Waals surface area contributed by atoms with Crippen molar-refractivity contribution in [3.63, 3.8) is 0 Å². The van der Waals surface area contributed by atoms with Crippen molar-refractivity contribution in [2.45, 2.75) is 24.9 Å². The van der Waals surface area contributed by atoms with Crippen LogP contribution >= 0.6 is 23.4 Å².